The molecular formula is C37H56N2O9. The van der Waals surface area contributed by atoms with E-state index >= 15 is 0 Å². The van der Waals surface area contributed by atoms with Crippen LogP contribution < -0.4 is 10.6 Å². The predicted molar refractivity (Wildman–Crippen MR) is 177 cm³/mol. The third kappa shape index (κ3) is 7.87. The van der Waals surface area contributed by atoms with Crippen molar-refractivity contribution >= 4 is 35.3 Å². The van der Waals surface area contributed by atoms with E-state index in [1.165, 1.54) is 5.57 Å². The van der Waals surface area contributed by atoms with E-state index in [2.05, 4.69) is 17.6 Å². The number of esters is 1. The molecule has 4 aliphatic carbocycles. The fraction of sp³-hybridized carbons (Fsp3) is 0.784. The van der Waals surface area contributed by atoms with Gasteiger partial charge in [-0.2, -0.15) is 0 Å². The van der Waals surface area contributed by atoms with Gasteiger partial charge in [-0.3, -0.25) is 24.0 Å². The maximum absolute atomic E-state index is 13.4. The zero-order valence-electron chi connectivity index (χ0n) is 29.2. The average Bonchev–Trinajstić information content (AvgIpc) is 3.33. The molecule has 0 spiro atoms. The minimum Gasteiger partial charge on any atom is -0.480 e. The minimum absolute atomic E-state index is 0.00454. The highest BCUT2D eigenvalue weighted by atomic mass is 16.5. The van der Waals surface area contributed by atoms with Crippen molar-refractivity contribution in [1.82, 2.24) is 10.6 Å². The summed E-state index contributed by atoms with van der Waals surface area (Å²) in [5.74, 6) is -1.75. The first-order chi connectivity index (χ1) is 22.7. The van der Waals surface area contributed by atoms with Gasteiger partial charge in [-0.1, -0.05) is 46.1 Å². The quantitative estimate of drug-likeness (QED) is 0.136. The number of ketones is 2. The number of allylic oxidation sites excluding steroid dienone is 1. The minimum atomic E-state index is -1.56. The molecule has 0 bridgehead atoms. The number of hydrogen-bond acceptors (Lipinski definition) is 8. The molecule has 0 aromatic carbocycles. The van der Waals surface area contributed by atoms with E-state index in [1.54, 1.807) is 6.92 Å². The molecule has 3 saturated carbocycles. The maximum atomic E-state index is 13.4. The van der Waals surface area contributed by atoms with Crippen molar-refractivity contribution in [1.29, 1.82) is 0 Å². The molecule has 268 valence electrons. The number of unbranched alkanes of at least 4 members (excludes halogenated alkanes) is 2. The summed E-state index contributed by atoms with van der Waals surface area (Å²) in [4.78, 5) is 73.7. The molecular weight excluding hydrogens is 616 g/mol. The largest absolute Gasteiger partial charge is 0.480 e. The molecule has 11 nitrogen and oxygen atoms in total. The lowest BCUT2D eigenvalue weighted by atomic mass is 9.46. The Morgan fingerprint density at radius 1 is 0.938 bits per heavy atom. The molecule has 8 atom stereocenters. The first-order valence-electron chi connectivity index (χ1n) is 18.1. The molecule has 0 aromatic rings. The molecule has 4 N–H and O–H groups in total. The third-order valence-corrected chi connectivity index (χ3v) is 12.7. The zero-order valence-corrected chi connectivity index (χ0v) is 29.2. The summed E-state index contributed by atoms with van der Waals surface area (Å²) in [5.41, 5.74) is -0.879. The lowest BCUT2D eigenvalue weighted by Gasteiger charge is -2.58. The topological polar surface area (TPSA) is 176 Å². The van der Waals surface area contributed by atoms with Crippen molar-refractivity contribution in [3.8, 4) is 0 Å². The monoisotopic (exact) mass is 672 g/mol. The Balaban J connectivity index is 1.14. The van der Waals surface area contributed by atoms with Gasteiger partial charge < -0.3 is 25.6 Å². The molecule has 0 aliphatic heterocycles. The Morgan fingerprint density at radius 2 is 1.67 bits per heavy atom. The van der Waals surface area contributed by atoms with Gasteiger partial charge in [0.1, 0.15) is 11.6 Å². The molecule has 48 heavy (non-hydrogen) atoms. The number of carbonyl (C=O) groups is 6. The standard InChI is InChI=1S/C37H56N2O9/c1-5-23(2)33(34(45)46)39-31(43)9-7-6-8-20-38-30(42)12-13-32(44)48-22-29(41)37(47)19-16-28-26-11-10-24-21-25(40)14-17-35(24,3)27(26)15-18-36(28,37)4/h21,23,26-28,33,47H,5-20,22H2,1-4H3,(H,38,42)(H,39,43)(H,45,46)/t23-,26+,27-,28-,33-,35-,36-,37-/m0/s1. The molecule has 4 aliphatic rings. The molecule has 0 unspecified atom stereocenters. The van der Waals surface area contributed by atoms with Crippen molar-refractivity contribution in [3.05, 3.63) is 11.6 Å². The number of carbonyl (C=O) groups excluding carboxylic acids is 5. The number of carboxylic acids is 1. The normalized spacial score (nSPS) is 32.1. The summed E-state index contributed by atoms with van der Waals surface area (Å²) in [6.07, 6.45) is 10.3. The van der Waals surface area contributed by atoms with E-state index in [-0.39, 0.29) is 54.1 Å². The smallest absolute Gasteiger partial charge is 0.326 e. The second-order valence-electron chi connectivity index (χ2n) is 15.3. The number of Topliss-reactive ketones (excluding diaryl/α,β-unsaturated/α-hetero) is 1. The number of aliphatic hydroxyl groups is 1. The van der Waals surface area contributed by atoms with E-state index in [0.29, 0.717) is 63.3 Å². The van der Waals surface area contributed by atoms with Gasteiger partial charge >= 0.3 is 11.9 Å². The van der Waals surface area contributed by atoms with Crippen LogP contribution in [0, 0.1) is 34.5 Å². The molecule has 2 amide bonds. The van der Waals surface area contributed by atoms with Crippen molar-refractivity contribution in [3.63, 3.8) is 0 Å². The van der Waals surface area contributed by atoms with Gasteiger partial charge in [-0.05, 0) is 93.0 Å². The van der Waals surface area contributed by atoms with Crippen molar-refractivity contribution < 1.29 is 43.7 Å². The van der Waals surface area contributed by atoms with Crippen LogP contribution in [0.4, 0.5) is 0 Å². The first kappa shape index (κ1) is 37.7. The van der Waals surface area contributed by atoms with Crippen LogP contribution in [0.2, 0.25) is 0 Å². The summed E-state index contributed by atoms with van der Waals surface area (Å²) in [5, 5.41) is 26.5. The predicted octanol–water partition coefficient (Wildman–Crippen LogP) is 4.43. The van der Waals surface area contributed by atoms with E-state index in [9.17, 15) is 39.0 Å². The SMILES string of the molecule is CC[C@H](C)[C@H](NC(=O)CCCCCNC(=O)CCC(=O)OCC(=O)[C@@]1(O)CC[C@H]2[C@@H]3CCC4=CC(=O)CC[C@]4(C)[C@H]3CC[C@@]21C)C(=O)O. The number of nitrogens with one attached hydrogen (secondary N) is 2. The number of amides is 2. The Labute approximate surface area is 284 Å². The summed E-state index contributed by atoms with van der Waals surface area (Å²) in [6.45, 7) is 7.85. The van der Waals surface area contributed by atoms with E-state index in [1.807, 2.05) is 19.9 Å². The van der Waals surface area contributed by atoms with E-state index < -0.39 is 41.4 Å². The number of aliphatic carboxylic acids is 1. The van der Waals surface area contributed by atoms with Crippen LogP contribution in [0.15, 0.2) is 11.6 Å². The highest BCUT2D eigenvalue weighted by Gasteiger charge is 2.66. The van der Waals surface area contributed by atoms with Gasteiger partial charge in [0.25, 0.3) is 0 Å². The molecule has 4 rings (SSSR count). The van der Waals surface area contributed by atoms with Crippen LogP contribution >= 0.6 is 0 Å². The summed E-state index contributed by atoms with van der Waals surface area (Å²) in [6, 6.07) is -0.904. The summed E-state index contributed by atoms with van der Waals surface area (Å²) < 4.78 is 5.26. The molecule has 0 heterocycles. The number of fused-ring (bicyclic) bond motifs is 5. The Bertz CT molecular complexity index is 1300. The fourth-order valence-corrected chi connectivity index (χ4v) is 9.42. The van der Waals surface area contributed by atoms with Gasteiger partial charge in [0.15, 0.2) is 12.4 Å². The number of ether oxygens (including phenoxy) is 1. The van der Waals surface area contributed by atoms with Crippen molar-refractivity contribution in [2.24, 2.45) is 34.5 Å². The van der Waals surface area contributed by atoms with E-state index in [4.69, 9.17) is 4.74 Å². The first-order valence-corrected chi connectivity index (χ1v) is 18.1. The fourth-order valence-electron chi connectivity index (χ4n) is 9.42. The van der Waals surface area contributed by atoms with Crippen LogP contribution in [-0.2, 0) is 33.5 Å². The summed E-state index contributed by atoms with van der Waals surface area (Å²) >= 11 is 0. The van der Waals surface area contributed by atoms with Crippen LogP contribution in [-0.4, -0.2) is 70.3 Å². The Morgan fingerprint density at radius 3 is 2.38 bits per heavy atom. The molecule has 0 aromatic heterocycles. The average molecular weight is 673 g/mol. The maximum Gasteiger partial charge on any atom is 0.326 e. The molecule has 11 heteroatoms. The second-order valence-corrected chi connectivity index (χ2v) is 15.3. The lowest BCUT2D eigenvalue weighted by Crippen LogP contribution is -2.58. The molecule has 0 radical (unpaired) electrons. The molecule has 3 fully saturated rings. The number of hydrogen-bond donors (Lipinski definition) is 4. The van der Waals surface area contributed by atoms with Crippen LogP contribution in [0.5, 0.6) is 0 Å². The van der Waals surface area contributed by atoms with E-state index in [0.717, 1.165) is 32.1 Å². The summed E-state index contributed by atoms with van der Waals surface area (Å²) in [7, 11) is 0. The Hall–Kier alpha value is -3.08. The highest BCUT2D eigenvalue weighted by Crippen LogP contribution is 2.67. The van der Waals surface area contributed by atoms with Crippen LogP contribution in [0.25, 0.3) is 0 Å². The second kappa shape index (κ2) is 15.6. The number of carboxylic acid groups (broad SMARTS) is 1. The molecule has 0 saturated heterocycles. The van der Waals surface area contributed by atoms with Gasteiger partial charge in [-0.25, -0.2) is 4.79 Å². The van der Waals surface area contributed by atoms with Crippen molar-refractivity contribution in [2.75, 3.05) is 13.2 Å². The van der Waals surface area contributed by atoms with Crippen LogP contribution in [0.3, 0.4) is 0 Å². The zero-order chi connectivity index (χ0) is 35.3. The van der Waals surface area contributed by atoms with Crippen LogP contribution in [0.1, 0.15) is 124 Å². The highest BCUT2D eigenvalue weighted by molar-refractivity contribution is 5.92. The van der Waals surface area contributed by atoms with Gasteiger partial charge in [-0.15, -0.1) is 0 Å². The van der Waals surface area contributed by atoms with Gasteiger partial charge in [0.2, 0.25) is 17.6 Å². The van der Waals surface area contributed by atoms with Crippen molar-refractivity contribution in [2.45, 2.75) is 136 Å². The lowest BCUT2D eigenvalue weighted by molar-refractivity contribution is -0.170. The Kier molecular flexibility index (Phi) is 12.3. The number of rotatable bonds is 16. The third-order valence-electron chi connectivity index (χ3n) is 12.7. The van der Waals surface area contributed by atoms with Gasteiger partial charge in [0, 0.05) is 31.2 Å². The van der Waals surface area contributed by atoms with Gasteiger partial charge in [0.05, 0.1) is 6.42 Å².